The van der Waals surface area contributed by atoms with E-state index in [0.717, 1.165) is 17.7 Å². The Morgan fingerprint density at radius 1 is 1.15 bits per heavy atom. The van der Waals surface area contributed by atoms with E-state index < -0.39 is 0 Å². The van der Waals surface area contributed by atoms with Crippen molar-refractivity contribution in [3.8, 4) is 0 Å². The topological polar surface area (TPSA) is 68.5 Å². The van der Waals surface area contributed by atoms with E-state index in [2.05, 4.69) is 15.5 Å². The third-order valence-electron chi connectivity index (χ3n) is 4.25. The van der Waals surface area contributed by atoms with E-state index in [1.165, 1.54) is 0 Å². The van der Waals surface area contributed by atoms with Gasteiger partial charge in [0, 0.05) is 19.8 Å². The maximum Gasteiger partial charge on any atom is 0.262 e. The van der Waals surface area contributed by atoms with Crippen molar-refractivity contribution in [2.45, 2.75) is 26.8 Å². The van der Waals surface area contributed by atoms with Crippen LogP contribution in [0.5, 0.6) is 0 Å². The van der Waals surface area contributed by atoms with Gasteiger partial charge in [0.05, 0.1) is 16.6 Å². The van der Waals surface area contributed by atoms with E-state index in [0.29, 0.717) is 36.6 Å². The van der Waals surface area contributed by atoms with E-state index >= 15 is 0 Å². The molecule has 27 heavy (non-hydrogen) atoms. The molecule has 0 radical (unpaired) electrons. The average molecular weight is 364 g/mol. The maximum atomic E-state index is 12.9. The molecule has 3 aromatic rings. The standard InChI is InChI=1S/C21H24N4O2/c1-3-27-15-9-14-25-20(26)18-12-7-8-13-19(18)22-21(25)24-23-16(2)17-10-5-4-6-11-17/h4-8,10-13H,3,9,14-15H2,1-2H3,(H,22,24)/b23-16-. The number of hydrogen-bond acceptors (Lipinski definition) is 5. The molecule has 0 amide bonds. The molecular formula is C21H24N4O2. The first-order chi connectivity index (χ1) is 13.2. The molecule has 0 spiro atoms. The maximum absolute atomic E-state index is 12.9. The SMILES string of the molecule is CCOCCCn1c(N/N=C(/C)c2ccccc2)nc2ccccc2c1=O. The van der Waals surface area contributed by atoms with Crippen LogP contribution in [0.3, 0.4) is 0 Å². The molecule has 140 valence electrons. The normalized spacial score (nSPS) is 11.7. The Labute approximate surface area is 158 Å². The number of nitrogens with one attached hydrogen (secondary N) is 1. The molecule has 0 saturated carbocycles. The van der Waals surface area contributed by atoms with Crippen molar-refractivity contribution in [1.29, 1.82) is 0 Å². The van der Waals surface area contributed by atoms with Crippen LogP contribution in [-0.4, -0.2) is 28.5 Å². The molecule has 0 fully saturated rings. The van der Waals surface area contributed by atoms with Gasteiger partial charge in [0.15, 0.2) is 0 Å². The number of hydrazone groups is 1. The van der Waals surface area contributed by atoms with Crippen molar-refractivity contribution >= 4 is 22.6 Å². The first kappa shape index (κ1) is 18.8. The third-order valence-corrected chi connectivity index (χ3v) is 4.25. The van der Waals surface area contributed by atoms with E-state index in [4.69, 9.17) is 4.74 Å². The number of para-hydroxylation sites is 1. The number of ether oxygens (including phenoxy) is 1. The predicted molar refractivity (Wildman–Crippen MR) is 109 cm³/mol. The van der Waals surface area contributed by atoms with Crippen LogP contribution in [0.4, 0.5) is 5.95 Å². The lowest BCUT2D eigenvalue weighted by Crippen LogP contribution is -2.25. The van der Waals surface area contributed by atoms with Crippen LogP contribution < -0.4 is 11.0 Å². The minimum absolute atomic E-state index is 0.0767. The van der Waals surface area contributed by atoms with Gasteiger partial charge in [0.25, 0.3) is 5.56 Å². The summed E-state index contributed by atoms with van der Waals surface area (Å²) in [5.41, 5.74) is 5.39. The lowest BCUT2D eigenvalue weighted by atomic mass is 10.1. The lowest BCUT2D eigenvalue weighted by molar-refractivity contribution is 0.141. The van der Waals surface area contributed by atoms with Crippen molar-refractivity contribution in [3.63, 3.8) is 0 Å². The second kappa shape index (κ2) is 9.09. The van der Waals surface area contributed by atoms with Crippen molar-refractivity contribution in [2.24, 2.45) is 5.10 Å². The van der Waals surface area contributed by atoms with Crippen molar-refractivity contribution in [3.05, 3.63) is 70.5 Å². The van der Waals surface area contributed by atoms with Gasteiger partial charge < -0.3 is 4.74 Å². The smallest absolute Gasteiger partial charge is 0.262 e. The highest BCUT2D eigenvalue weighted by Crippen LogP contribution is 2.12. The highest BCUT2D eigenvalue weighted by Gasteiger charge is 2.10. The summed E-state index contributed by atoms with van der Waals surface area (Å²) in [7, 11) is 0. The Hall–Kier alpha value is -2.99. The van der Waals surface area contributed by atoms with Gasteiger partial charge in [0.2, 0.25) is 5.95 Å². The Bertz CT molecular complexity index is 980. The molecule has 0 aliphatic heterocycles. The number of aromatic nitrogens is 2. The lowest BCUT2D eigenvalue weighted by Gasteiger charge is -2.13. The molecule has 0 saturated heterocycles. The Morgan fingerprint density at radius 3 is 2.67 bits per heavy atom. The van der Waals surface area contributed by atoms with E-state index in [9.17, 15) is 4.79 Å². The number of hydrogen-bond donors (Lipinski definition) is 1. The minimum Gasteiger partial charge on any atom is -0.382 e. The summed E-state index contributed by atoms with van der Waals surface area (Å²) < 4.78 is 7.02. The van der Waals surface area contributed by atoms with Crippen LogP contribution in [0, 0.1) is 0 Å². The number of rotatable bonds is 8. The van der Waals surface area contributed by atoms with Gasteiger partial charge >= 0.3 is 0 Å². The van der Waals surface area contributed by atoms with Gasteiger partial charge in [0.1, 0.15) is 0 Å². The fraction of sp³-hybridized carbons (Fsp3) is 0.286. The van der Waals surface area contributed by atoms with Crippen LogP contribution in [0.25, 0.3) is 10.9 Å². The largest absolute Gasteiger partial charge is 0.382 e. The highest BCUT2D eigenvalue weighted by molar-refractivity contribution is 5.99. The van der Waals surface area contributed by atoms with Crippen LogP contribution in [0.2, 0.25) is 0 Å². The van der Waals surface area contributed by atoms with E-state index in [-0.39, 0.29) is 5.56 Å². The molecule has 6 heteroatoms. The number of nitrogens with zero attached hydrogens (tertiary/aromatic N) is 3. The van der Waals surface area contributed by atoms with Crippen molar-refractivity contribution in [1.82, 2.24) is 9.55 Å². The van der Waals surface area contributed by atoms with Gasteiger partial charge in [-0.25, -0.2) is 10.4 Å². The van der Waals surface area contributed by atoms with E-state index in [1.54, 1.807) is 10.6 Å². The van der Waals surface area contributed by atoms with Crippen molar-refractivity contribution < 1.29 is 4.74 Å². The summed E-state index contributed by atoms with van der Waals surface area (Å²) >= 11 is 0. The monoisotopic (exact) mass is 364 g/mol. The molecule has 0 atom stereocenters. The minimum atomic E-state index is -0.0767. The summed E-state index contributed by atoms with van der Waals surface area (Å²) in [6.45, 7) is 5.65. The van der Waals surface area contributed by atoms with Crippen molar-refractivity contribution in [2.75, 3.05) is 18.6 Å². The molecular weight excluding hydrogens is 340 g/mol. The zero-order valence-corrected chi connectivity index (χ0v) is 15.7. The third kappa shape index (κ3) is 4.60. The molecule has 2 aromatic carbocycles. The number of anilines is 1. The first-order valence-corrected chi connectivity index (χ1v) is 9.13. The summed E-state index contributed by atoms with van der Waals surface area (Å²) in [5.74, 6) is 0.436. The quantitative estimate of drug-likeness (QED) is 0.376. The second-order valence-corrected chi connectivity index (χ2v) is 6.13. The number of fused-ring (bicyclic) bond motifs is 1. The molecule has 6 nitrogen and oxygen atoms in total. The highest BCUT2D eigenvalue weighted by atomic mass is 16.5. The Kier molecular flexibility index (Phi) is 6.33. The summed E-state index contributed by atoms with van der Waals surface area (Å²) in [4.78, 5) is 17.5. The van der Waals surface area contributed by atoms with Gasteiger partial charge in [-0.3, -0.25) is 9.36 Å². The van der Waals surface area contributed by atoms with Crippen LogP contribution >= 0.6 is 0 Å². The number of benzene rings is 2. The molecule has 0 aliphatic rings. The molecule has 1 heterocycles. The molecule has 0 unspecified atom stereocenters. The van der Waals surface area contributed by atoms with Gasteiger partial charge in [-0.2, -0.15) is 5.10 Å². The summed E-state index contributed by atoms with van der Waals surface area (Å²) in [5, 5.41) is 5.03. The zero-order chi connectivity index (χ0) is 19.1. The van der Waals surface area contributed by atoms with Crippen LogP contribution in [0.1, 0.15) is 25.8 Å². The second-order valence-electron chi connectivity index (χ2n) is 6.13. The Morgan fingerprint density at radius 2 is 1.89 bits per heavy atom. The van der Waals surface area contributed by atoms with Gasteiger partial charge in [-0.1, -0.05) is 42.5 Å². The molecule has 0 bridgehead atoms. The molecule has 0 aliphatic carbocycles. The zero-order valence-electron chi connectivity index (χ0n) is 15.7. The molecule has 1 aromatic heterocycles. The predicted octanol–water partition coefficient (Wildman–Crippen LogP) is 3.66. The van der Waals surface area contributed by atoms with Crippen LogP contribution in [-0.2, 0) is 11.3 Å². The van der Waals surface area contributed by atoms with Gasteiger partial charge in [-0.15, -0.1) is 0 Å². The Balaban J connectivity index is 1.93. The van der Waals surface area contributed by atoms with Gasteiger partial charge in [-0.05, 0) is 38.0 Å². The average Bonchev–Trinajstić information content (AvgIpc) is 2.71. The van der Waals surface area contributed by atoms with E-state index in [1.807, 2.05) is 62.4 Å². The first-order valence-electron chi connectivity index (χ1n) is 9.13. The molecule has 1 N–H and O–H groups in total. The summed E-state index contributed by atoms with van der Waals surface area (Å²) in [6, 6.07) is 17.2. The fourth-order valence-corrected chi connectivity index (χ4v) is 2.81. The molecule has 3 rings (SSSR count). The fourth-order valence-electron chi connectivity index (χ4n) is 2.81. The summed E-state index contributed by atoms with van der Waals surface area (Å²) in [6.07, 6.45) is 0.726. The van der Waals surface area contributed by atoms with Crippen LogP contribution in [0.15, 0.2) is 64.5 Å².